The normalized spacial score (nSPS) is 16.5. The van der Waals surface area contributed by atoms with Crippen LogP contribution in [0.25, 0.3) is 11.3 Å². The van der Waals surface area contributed by atoms with Crippen molar-refractivity contribution in [3.63, 3.8) is 0 Å². The van der Waals surface area contributed by atoms with Gasteiger partial charge in [-0.25, -0.2) is 4.98 Å². The molecule has 2 aromatic carbocycles. The van der Waals surface area contributed by atoms with Gasteiger partial charge in [-0.1, -0.05) is 35.9 Å². The molecule has 7 nitrogen and oxygen atoms in total. The SMILES string of the molecule is Cc1cc2c(cc1Cl)N(CC(=O)N(C)C(CN1CCCC1)c1ccc(-c3cscn3)cc1)C(=O)CO2. The third-order valence-electron chi connectivity index (χ3n) is 6.99. The number of aryl methyl sites for hydroxylation is 1. The average molecular weight is 525 g/mol. The van der Waals surface area contributed by atoms with E-state index in [9.17, 15) is 9.59 Å². The van der Waals surface area contributed by atoms with Crippen molar-refractivity contribution < 1.29 is 14.3 Å². The van der Waals surface area contributed by atoms with Gasteiger partial charge in [0.25, 0.3) is 5.91 Å². The molecule has 0 radical (unpaired) electrons. The summed E-state index contributed by atoms with van der Waals surface area (Å²) in [6.45, 7) is 4.52. The van der Waals surface area contributed by atoms with Gasteiger partial charge in [0.15, 0.2) is 6.61 Å². The monoisotopic (exact) mass is 524 g/mol. The number of likely N-dealkylation sites (N-methyl/N-ethyl adjacent to an activating group) is 1. The minimum absolute atomic E-state index is 0.0709. The van der Waals surface area contributed by atoms with Gasteiger partial charge < -0.3 is 14.5 Å². The van der Waals surface area contributed by atoms with Gasteiger partial charge in [-0.05, 0) is 56.1 Å². The van der Waals surface area contributed by atoms with E-state index in [1.807, 2.05) is 30.9 Å². The van der Waals surface area contributed by atoms with Crippen LogP contribution in [0.1, 0.15) is 30.0 Å². The first-order valence-electron chi connectivity index (χ1n) is 12.1. The van der Waals surface area contributed by atoms with Crippen LogP contribution in [0.5, 0.6) is 5.75 Å². The molecule has 36 heavy (non-hydrogen) atoms. The summed E-state index contributed by atoms with van der Waals surface area (Å²) in [5.41, 5.74) is 6.28. The lowest BCUT2D eigenvalue weighted by atomic mass is 10.0. The molecule has 2 amide bonds. The number of aromatic nitrogens is 1. The number of likely N-dealkylation sites (tertiary alicyclic amines) is 1. The Balaban J connectivity index is 1.39. The maximum atomic E-state index is 13.6. The number of carbonyl (C=O) groups excluding carboxylic acids is 2. The number of hydrogen-bond donors (Lipinski definition) is 0. The summed E-state index contributed by atoms with van der Waals surface area (Å²) in [5.74, 6) is 0.173. The number of ether oxygens (including phenoxy) is 1. The molecule has 1 atom stereocenters. The minimum Gasteiger partial charge on any atom is -0.482 e. The Labute approximate surface area is 220 Å². The summed E-state index contributed by atoms with van der Waals surface area (Å²) < 4.78 is 5.61. The molecule has 1 aromatic heterocycles. The Morgan fingerprint density at radius 3 is 2.67 bits per heavy atom. The first kappa shape index (κ1) is 24.7. The molecular weight excluding hydrogens is 496 g/mol. The van der Waals surface area contributed by atoms with E-state index in [-0.39, 0.29) is 31.0 Å². The van der Waals surface area contributed by atoms with E-state index < -0.39 is 0 Å². The van der Waals surface area contributed by atoms with Gasteiger partial charge in [-0.3, -0.25) is 14.5 Å². The first-order chi connectivity index (χ1) is 17.4. The lowest BCUT2D eigenvalue weighted by Gasteiger charge is -2.35. The molecule has 0 saturated carbocycles. The van der Waals surface area contributed by atoms with E-state index in [0.717, 1.165) is 42.0 Å². The van der Waals surface area contributed by atoms with Gasteiger partial charge in [0.1, 0.15) is 12.3 Å². The summed E-state index contributed by atoms with van der Waals surface area (Å²) in [6, 6.07) is 11.7. The second-order valence-electron chi connectivity index (χ2n) is 9.36. The lowest BCUT2D eigenvalue weighted by molar-refractivity contribution is -0.133. The van der Waals surface area contributed by atoms with E-state index in [0.29, 0.717) is 16.5 Å². The lowest BCUT2D eigenvalue weighted by Crippen LogP contribution is -2.47. The van der Waals surface area contributed by atoms with Crippen molar-refractivity contribution in [2.75, 3.05) is 44.7 Å². The van der Waals surface area contributed by atoms with Crippen molar-refractivity contribution in [1.29, 1.82) is 0 Å². The molecule has 1 fully saturated rings. The zero-order valence-electron chi connectivity index (χ0n) is 20.4. The molecule has 0 spiro atoms. The molecule has 1 unspecified atom stereocenters. The number of benzene rings is 2. The van der Waals surface area contributed by atoms with Crippen LogP contribution >= 0.6 is 22.9 Å². The fraction of sp³-hybridized carbons (Fsp3) is 0.370. The van der Waals surface area contributed by atoms with Crippen LogP contribution < -0.4 is 9.64 Å². The molecule has 1 saturated heterocycles. The van der Waals surface area contributed by atoms with E-state index >= 15 is 0 Å². The number of anilines is 1. The fourth-order valence-electron chi connectivity index (χ4n) is 4.81. The topological polar surface area (TPSA) is 66.0 Å². The minimum atomic E-state index is -0.257. The van der Waals surface area contributed by atoms with Crippen LogP contribution in [-0.4, -0.2) is 66.4 Å². The standard InChI is InChI=1S/C27H29ClN4O3S/c1-18-11-25-23(12-21(18)28)32(27(34)15-35-25)14-26(33)30(2)24(13-31-9-3-4-10-31)20-7-5-19(6-8-20)22-16-36-17-29-22/h5-8,11-12,16-17,24H,3-4,9-10,13-15H2,1-2H3. The number of rotatable bonds is 7. The smallest absolute Gasteiger partial charge is 0.265 e. The molecule has 9 heteroatoms. The predicted octanol–water partition coefficient (Wildman–Crippen LogP) is 4.79. The molecule has 0 N–H and O–H groups in total. The second-order valence-corrected chi connectivity index (χ2v) is 10.5. The van der Waals surface area contributed by atoms with Gasteiger partial charge in [0, 0.05) is 29.6 Å². The van der Waals surface area contributed by atoms with Crippen LogP contribution in [0, 0.1) is 6.92 Å². The van der Waals surface area contributed by atoms with Crippen LogP contribution in [0.4, 0.5) is 5.69 Å². The molecule has 2 aliphatic heterocycles. The van der Waals surface area contributed by atoms with E-state index in [1.54, 1.807) is 22.3 Å². The molecule has 0 aliphatic carbocycles. The zero-order valence-corrected chi connectivity index (χ0v) is 22.0. The predicted molar refractivity (Wildman–Crippen MR) is 143 cm³/mol. The third-order valence-corrected chi connectivity index (χ3v) is 7.98. The highest BCUT2D eigenvalue weighted by atomic mass is 35.5. The number of nitrogens with zero attached hydrogens (tertiary/aromatic N) is 4. The second kappa shape index (κ2) is 10.6. The van der Waals surface area contributed by atoms with Crippen molar-refractivity contribution in [1.82, 2.24) is 14.8 Å². The quantitative estimate of drug-likeness (QED) is 0.444. The highest BCUT2D eigenvalue weighted by molar-refractivity contribution is 7.07. The fourth-order valence-corrected chi connectivity index (χ4v) is 5.53. The van der Waals surface area contributed by atoms with Crippen molar-refractivity contribution >= 4 is 40.4 Å². The zero-order chi connectivity index (χ0) is 25.2. The summed E-state index contributed by atoms with van der Waals surface area (Å²) in [4.78, 5) is 36.4. The summed E-state index contributed by atoms with van der Waals surface area (Å²) in [6.07, 6.45) is 2.35. The number of fused-ring (bicyclic) bond motifs is 1. The number of halogens is 1. The van der Waals surface area contributed by atoms with E-state index in [1.165, 1.54) is 17.7 Å². The number of thiazole rings is 1. The highest BCUT2D eigenvalue weighted by Gasteiger charge is 2.32. The molecule has 2 aliphatic rings. The van der Waals surface area contributed by atoms with Crippen LogP contribution in [0.3, 0.4) is 0 Å². The van der Waals surface area contributed by atoms with Gasteiger partial charge in [-0.15, -0.1) is 11.3 Å². The Kier molecular flexibility index (Phi) is 7.27. The molecular formula is C27H29ClN4O3S. The van der Waals surface area contributed by atoms with Crippen molar-refractivity contribution in [2.24, 2.45) is 0 Å². The average Bonchev–Trinajstić information content (AvgIpc) is 3.60. The first-order valence-corrected chi connectivity index (χ1v) is 13.4. The van der Waals surface area contributed by atoms with Crippen LogP contribution in [0.15, 0.2) is 47.3 Å². The Hall–Kier alpha value is -2.94. The van der Waals surface area contributed by atoms with Crippen LogP contribution in [0.2, 0.25) is 5.02 Å². The number of amides is 2. The summed E-state index contributed by atoms with van der Waals surface area (Å²) in [7, 11) is 1.82. The van der Waals surface area contributed by atoms with Crippen LogP contribution in [-0.2, 0) is 9.59 Å². The Morgan fingerprint density at radius 1 is 1.22 bits per heavy atom. The van der Waals surface area contributed by atoms with E-state index in [2.05, 4.69) is 34.1 Å². The van der Waals surface area contributed by atoms with Crippen molar-refractivity contribution in [3.05, 3.63) is 63.4 Å². The molecule has 3 heterocycles. The van der Waals surface area contributed by atoms with Gasteiger partial charge >= 0.3 is 0 Å². The largest absolute Gasteiger partial charge is 0.482 e. The number of carbonyl (C=O) groups is 2. The van der Waals surface area contributed by atoms with E-state index in [4.69, 9.17) is 16.3 Å². The van der Waals surface area contributed by atoms with Gasteiger partial charge in [-0.2, -0.15) is 0 Å². The van der Waals surface area contributed by atoms with Gasteiger partial charge in [0.2, 0.25) is 5.91 Å². The molecule has 5 rings (SSSR count). The summed E-state index contributed by atoms with van der Waals surface area (Å²) >= 11 is 7.90. The maximum absolute atomic E-state index is 13.6. The van der Waals surface area contributed by atoms with Crippen molar-refractivity contribution in [3.8, 4) is 17.0 Å². The number of hydrogen-bond acceptors (Lipinski definition) is 6. The molecule has 188 valence electrons. The Bertz CT molecular complexity index is 1240. The Morgan fingerprint density at radius 2 is 1.97 bits per heavy atom. The highest BCUT2D eigenvalue weighted by Crippen LogP contribution is 2.37. The van der Waals surface area contributed by atoms with Crippen molar-refractivity contribution in [2.45, 2.75) is 25.8 Å². The molecule has 3 aromatic rings. The summed E-state index contributed by atoms with van der Waals surface area (Å²) in [5, 5.41) is 2.56. The third kappa shape index (κ3) is 5.12. The molecule has 0 bridgehead atoms. The maximum Gasteiger partial charge on any atom is 0.265 e. The van der Waals surface area contributed by atoms with Gasteiger partial charge in [0.05, 0.1) is 22.9 Å².